The number of alkyl halides is 3. The molecule has 1 heterocycles. The van der Waals surface area contributed by atoms with Gasteiger partial charge in [-0.25, -0.2) is 4.79 Å². The van der Waals surface area contributed by atoms with Crippen LogP contribution >= 0.6 is 11.6 Å². The van der Waals surface area contributed by atoms with E-state index in [-0.39, 0.29) is 11.3 Å². The maximum Gasteiger partial charge on any atom is 0.430 e. The van der Waals surface area contributed by atoms with Crippen LogP contribution in [-0.4, -0.2) is 41.8 Å². The fourth-order valence-corrected chi connectivity index (χ4v) is 2.43. The van der Waals surface area contributed by atoms with E-state index in [0.29, 0.717) is 17.1 Å². The molecule has 0 aliphatic carbocycles. The van der Waals surface area contributed by atoms with E-state index in [4.69, 9.17) is 21.4 Å². The number of aliphatic carboxylic acids is 1. The average molecular weight is 350 g/mol. The van der Waals surface area contributed by atoms with Gasteiger partial charge in [-0.15, -0.1) is 0 Å². The summed E-state index contributed by atoms with van der Waals surface area (Å²) in [5, 5.41) is 9.33. The fourth-order valence-electron chi connectivity index (χ4n) is 2.20. The number of hydrogen-bond donors (Lipinski definition) is 1. The van der Waals surface area contributed by atoms with Crippen LogP contribution in [0.3, 0.4) is 0 Å². The molecule has 0 fully saturated rings. The standard InChI is InChI=1S/C15H15ClF3NO3/c1-3-20(2)7-9-6-12-8(5-11(9)16)4-10(14(21)22)13(23-12)15(17,18)19/h4-6,13H,3,7H2,1-2H3,(H,21,22). The zero-order valence-electron chi connectivity index (χ0n) is 12.4. The lowest BCUT2D eigenvalue weighted by atomic mass is 9.99. The second kappa shape index (κ2) is 6.41. The average Bonchev–Trinajstić information content (AvgIpc) is 2.45. The maximum atomic E-state index is 13.0. The van der Waals surface area contributed by atoms with Crippen LogP contribution in [0.1, 0.15) is 18.1 Å². The third-order valence-electron chi connectivity index (χ3n) is 3.54. The van der Waals surface area contributed by atoms with E-state index < -0.39 is 23.8 Å². The molecule has 1 aliphatic heterocycles. The van der Waals surface area contributed by atoms with Gasteiger partial charge in [0.25, 0.3) is 0 Å². The van der Waals surface area contributed by atoms with Crippen LogP contribution in [-0.2, 0) is 11.3 Å². The molecule has 1 aliphatic rings. The summed E-state index contributed by atoms with van der Waals surface area (Å²) in [6.07, 6.45) is -6.36. The molecular formula is C15H15ClF3NO3. The van der Waals surface area contributed by atoms with Crippen molar-refractivity contribution in [3.05, 3.63) is 33.9 Å². The zero-order chi connectivity index (χ0) is 17.4. The fraction of sp³-hybridized carbons (Fsp3) is 0.400. The number of halogens is 4. The van der Waals surface area contributed by atoms with Crippen molar-refractivity contribution in [2.75, 3.05) is 13.6 Å². The number of hydrogen-bond acceptors (Lipinski definition) is 3. The summed E-state index contributed by atoms with van der Waals surface area (Å²) >= 11 is 6.13. The minimum absolute atomic E-state index is 0.0266. The van der Waals surface area contributed by atoms with E-state index >= 15 is 0 Å². The van der Waals surface area contributed by atoms with Crippen LogP contribution in [0, 0.1) is 0 Å². The third kappa shape index (κ3) is 3.79. The minimum Gasteiger partial charge on any atom is -0.478 e. The normalized spacial score (nSPS) is 17.5. The molecule has 0 saturated carbocycles. The van der Waals surface area contributed by atoms with Crippen LogP contribution in [0.5, 0.6) is 5.75 Å². The van der Waals surface area contributed by atoms with Crippen molar-refractivity contribution in [3.8, 4) is 5.75 Å². The summed E-state index contributed by atoms with van der Waals surface area (Å²) in [5.74, 6) is -1.70. The van der Waals surface area contributed by atoms with Crippen molar-refractivity contribution in [3.63, 3.8) is 0 Å². The van der Waals surface area contributed by atoms with Gasteiger partial charge >= 0.3 is 12.1 Å². The highest BCUT2D eigenvalue weighted by Crippen LogP contribution is 2.39. The number of carboxylic acid groups (broad SMARTS) is 1. The molecule has 8 heteroatoms. The minimum atomic E-state index is -4.82. The molecule has 0 radical (unpaired) electrons. The highest BCUT2D eigenvalue weighted by atomic mass is 35.5. The Labute approximate surface area is 136 Å². The number of ether oxygens (including phenoxy) is 1. The summed E-state index contributed by atoms with van der Waals surface area (Å²) in [6.45, 7) is 3.12. The van der Waals surface area contributed by atoms with Gasteiger partial charge in [0.1, 0.15) is 5.75 Å². The molecule has 0 aromatic heterocycles. The van der Waals surface area contributed by atoms with Gasteiger partial charge in [0.15, 0.2) is 0 Å². The van der Waals surface area contributed by atoms with Crippen molar-refractivity contribution in [1.82, 2.24) is 4.90 Å². The quantitative estimate of drug-likeness (QED) is 0.902. The smallest absolute Gasteiger partial charge is 0.430 e. The Morgan fingerprint density at radius 2 is 2.09 bits per heavy atom. The first-order valence-corrected chi connectivity index (χ1v) is 7.20. The lowest BCUT2D eigenvalue weighted by Gasteiger charge is -2.28. The Bertz CT molecular complexity index is 658. The Morgan fingerprint density at radius 3 is 2.61 bits per heavy atom. The van der Waals surface area contributed by atoms with Crippen LogP contribution in [0.25, 0.3) is 6.08 Å². The summed E-state index contributed by atoms with van der Waals surface area (Å²) in [5.41, 5.74) is -0.0295. The van der Waals surface area contributed by atoms with Crippen LogP contribution in [0.4, 0.5) is 13.2 Å². The predicted molar refractivity (Wildman–Crippen MR) is 79.5 cm³/mol. The molecule has 0 saturated heterocycles. The highest BCUT2D eigenvalue weighted by molar-refractivity contribution is 6.31. The Kier molecular flexibility index (Phi) is 4.91. The van der Waals surface area contributed by atoms with Crippen molar-refractivity contribution in [1.29, 1.82) is 0 Å². The maximum absolute atomic E-state index is 13.0. The topological polar surface area (TPSA) is 49.8 Å². The lowest BCUT2D eigenvalue weighted by molar-refractivity contribution is -0.187. The van der Waals surface area contributed by atoms with Gasteiger partial charge in [0.2, 0.25) is 6.10 Å². The molecule has 2 rings (SSSR count). The number of benzene rings is 1. The van der Waals surface area contributed by atoms with Gasteiger partial charge in [-0.2, -0.15) is 13.2 Å². The molecule has 1 aromatic rings. The largest absolute Gasteiger partial charge is 0.478 e. The van der Waals surface area contributed by atoms with E-state index in [9.17, 15) is 18.0 Å². The number of carboxylic acids is 1. The molecule has 1 N–H and O–H groups in total. The summed E-state index contributed by atoms with van der Waals surface area (Å²) in [6, 6.07) is 2.85. The molecule has 1 aromatic carbocycles. The molecule has 4 nitrogen and oxygen atoms in total. The molecule has 23 heavy (non-hydrogen) atoms. The molecule has 1 unspecified atom stereocenters. The number of carbonyl (C=O) groups is 1. The van der Waals surface area contributed by atoms with Crippen LogP contribution < -0.4 is 4.74 Å². The second-order valence-electron chi connectivity index (χ2n) is 5.26. The van der Waals surface area contributed by atoms with Gasteiger partial charge in [0, 0.05) is 17.1 Å². The molecule has 126 valence electrons. The van der Waals surface area contributed by atoms with Gasteiger partial charge in [0.05, 0.1) is 5.57 Å². The van der Waals surface area contributed by atoms with Crippen LogP contribution in [0.2, 0.25) is 5.02 Å². The Morgan fingerprint density at radius 1 is 1.43 bits per heavy atom. The van der Waals surface area contributed by atoms with Gasteiger partial charge in [-0.1, -0.05) is 18.5 Å². The molecule has 0 amide bonds. The summed E-state index contributed by atoms with van der Waals surface area (Å²) < 4.78 is 44.0. The van der Waals surface area contributed by atoms with Gasteiger partial charge in [-0.05, 0) is 37.4 Å². The third-order valence-corrected chi connectivity index (χ3v) is 3.89. The lowest BCUT2D eigenvalue weighted by Crippen LogP contribution is -2.40. The van der Waals surface area contributed by atoms with Crippen molar-refractivity contribution in [2.45, 2.75) is 25.7 Å². The summed E-state index contributed by atoms with van der Waals surface area (Å²) in [7, 11) is 1.84. The number of nitrogens with zero attached hydrogens (tertiary/aromatic N) is 1. The Balaban J connectivity index is 2.47. The van der Waals surface area contributed by atoms with Crippen molar-refractivity contribution < 1.29 is 27.8 Å². The predicted octanol–water partition coefficient (Wildman–Crippen LogP) is 3.58. The highest BCUT2D eigenvalue weighted by Gasteiger charge is 2.48. The van der Waals surface area contributed by atoms with E-state index in [1.165, 1.54) is 12.1 Å². The summed E-state index contributed by atoms with van der Waals surface area (Å²) in [4.78, 5) is 13.0. The van der Waals surface area contributed by atoms with Crippen molar-refractivity contribution in [2.24, 2.45) is 0 Å². The van der Waals surface area contributed by atoms with Crippen LogP contribution in [0.15, 0.2) is 17.7 Å². The first-order chi connectivity index (χ1) is 10.6. The molecule has 0 spiro atoms. The first kappa shape index (κ1) is 17.6. The zero-order valence-corrected chi connectivity index (χ0v) is 13.2. The van der Waals surface area contributed by atoms with Gasteiger partial charge in [-0.3, -0.25) is 0 Å². The van der Waals surface area contributed by atoms with E-state index in [1.807, 2.05) is 18.9 Å². The van der Waals surface area contributed by atoms with Gasteiger partial charge < -0.3 is 14.7 Å². The monoisotopic (exact) mass is 349 g/mol. The Hall–Kier alpha value is -1.73. The van der Waals surface area contributed by atoms with E-state index in [0.717, 1.165) is 12.6 Å². The van der Waals surface area contributed by atoms with Crippen molar-refractivity contribution >= 4 is 23.6 Å². The molecule has 1 atom stereocenters. The number of fused-ring (bicyclic) bond motifs is 1. The molecule has 0 bridgehead atoms. The first-order valence-electron chi connectivity index (χ1n) is 6.82. The number of rotatable bonds is 4. The van der Waals surface area contributed by atoms with E-state index in [2.05, 4.69) is 0 Å². The molecular weight excluding hydrogens is 335 g/mol. The SMILES string of the molecule is CCN(C)Cc1cc2c(cc1Cl)C=C(C(=O)O)C(C(F)(F)F)O2. The second-order valence-corrected chi connectivity index (χ2v) is 5.66. The van der Waals surface area contributed by atoms with E-state index in [1.54, 1.807) is 0 Å².